The molecule has 3 amide bonds. The maximum Gasteiger partial charge on any atom is 0.306 e. The number of imide groups is 1. The van der Waals surface area contributed by atoms with Gasteiger partial charge in [-0.15, -0.1) is 0 Å². The van der Waals surface area contributed by atoms with Crippen molar-refractivity contribution in [2.75, 3.05) is 20.2 Å². The second-order valence-electron chi connectivity index (χ2n) is 6.95. The SMILES string of the molecule is CN(Cc1ccc(F)cc1)C(=O)COC(=O)CCCN1C(=O)c2ccccc2C1=O. The van der Waals surface area contributed by atoms with E-state index in [2.05, 4.69) is 0 Å². The van der Waals surface area contributed by atoms with Gasteiger partial charge >= 0.3 is 5.97 Å². The molecule has 2 aromatic rings. The summed E-state index contributed by atoms with van der Waals surface area (Å²) in [5, 5.41) is 0. The van der Waals surface area contributed by atoms with E-state index in [0.717, 1.165) is 10.5 Å². The minimum absolute atomic E-state index is 0.0254. The molecule has 0 saturated heterocycles. The average Bonchev–Trinajstić information content (AvgIpc) is 2.98. The maximum atomic E-state index is 12.9. The number of benzene rings is 2. The minimum atomic E-state index is -0.588. The lowest BCUT2D eigenvalue weighted by Gasteiger charge is -2.17. The third-order valence-corrected chi connectivity index (χ3v) is 4.76. The summed E-state index contributed by atoms with van der Waals surface area (Å²) < 4.78 is 17.9. The molecule has 0 spiro atoms. The van der Waals surface area contributed by atoms with Gasteiger partial charge < -0.3 is 9.64 Å². The molecule has 0 atom stereocenters. The van der Waals surface area contributed by atoms with Crippen LogP contribution in [0.5, 0.6) is 0 Å². The zero-order chi connectivity index (χ0) is 21.7. The first-order valence-corrected chi connectivity index (χ1v) is 9.46. The van der Waals surface area contributed by atoms with Crippen molar-refractivity contribution in [2.45, 2.75) is 19.4 Å². The quantitative estimate of drug-likeness (QED) is 0.491. The third kappa shape index (κ3) is 4.89. The first kappa shape index (κ1) is 21.2. The molecule has 8 heteroatoms. The molecular weight excluding hydrogens is 391 g/mol. The first-order valence-electron chi connectivity index (χ1n) is 9.46. The number of esters is 1. The van der Waals surface area contributed by atoms with Gasteiger partial charge in [-0.25, -0.2) is 4.39 Å². The second-order valence-corrected chi connectivity index (χ2v) is 6.95. The summed E-state index contributed by atoms with van der Waals surface area (Å²) in [5.74, 6) is -2.09. The first-order chi connectivity index (χ1) is 14.4. The van der Waals surface area contributed by atoms with E-state index < -0.39 is 18.5 Å². The van der Waals surface area contributed by atoms with Gasteiger partial charge in [0.2, 0.25) is 0 Å². The Bertz CT molecular complexity index is 939. The molecule has 1 aliphatic heterocycles. The summed E-state index contributed by atoms with van der Waals surface area (Å²) in [7, 11) is 1.56. The highest BCUT2D eigenvalue weighted by Gasteiger charge is 2.34. The fourth-order valence-electron chi connectivity index (χ4n) is 3.10. The summed E-state index contributed by atoms with van der Waals surface area (Å²) in [6.45, 7) is -0.0557. The summed E-state index contributed by atoms with van der Waals surface area (Å²) in [6, 6.07) is 12.3. The molecule has 0 aliphatic carbocycles. The Kier molecular flexibility index (Phi) is 6.56. The highest BCUT2D eigenvalue weighted by Crippen LogP contribution is 2.22. The van der Waals surface area contributed by atoms with E-state index in [4.69, 9.17) is 4.74 Å². The standard InChI is InChI=1S/C22H21FN2O5/c1-24(13-15-8-10-16(23)11-9-15)19(26)14-30-20(27)7-4-12-25-21(28)17-5-2-3-6-18(17)22(25)29/h2-3,5-6,8-11H,4,7,12-14H2,1H3. The lowest BCUT2D eigenvalue weighted by molar-refractivity contribution is -0.151. The predicted molar refractivity (Wildman–Crippen MR) is 105 cm³/mol. The number of carbonyl (C=O) groups is 4. The van der Waals surface area contributed by atoms with Crippen LogP contribution in [0.2, 0.25) is 0 Å². The van der Waals surface area contributed by atoms with Gasteiger partial charge in [0.25, 0.3) is 17.7 Å². The van der Waals surface area contributed by atoms with Crippen LogP contribution in [-0.4, -0.2) is 53.7 Å². The Balaban J connectivity index is 1.39. The number of carbonyl (C=O) groups excluding carboxylic acids is 4. The molecule has 0 radical (unpaired) electrons. The van der Waals surface area contributed by atoms with Crippen molar-refractivity contribution < 1.29 is 28.3 Å². The zero-order valence-electron chi connectivity index (χ0n) is 16.5. The van der Waals surface area contributed by atoms with Crippen LogP contribution >= 0.6 is 0 Å². The Hall–Kier alpha value is -3.55. The summed E-state index contributed by atoms with van der Waals surface area (Å²) in [4.78, 5) is 51.0. The summed E-state index contributed by atoms with van der Waals surface area (Å²) in [6.07, 6.45) is 0.215. The second kappa shape index (κ2) is 9.30. The molecule has 0 N–H and O–H groups in total. The number of hydrogen-bond donors (Lipinski definition) is 0. The van der Waals surface area contributed by atoms with E-state index in [1.54, 1.807) is 43.4 Å². The van der Waals surface area contributed by atoms with Gasteiger partial charge in [0.15, 0.2) is 6.61 Å². The van der Waals surface area contributed by atoms with Crippen LogP contribution in [0.25, 0.3) is 0 Å². The van der Waals surface area contributed by atoms with E-state index in [1.165, 1.54) is 17.0 Å². The number of nitrogens with zero attached hydrogens (tertiary/aromatic N) is 2. The third-order valence-electron chi connectivity index (χ3n) is 4.76. The number of amides is 3. The smallest absolute Gasteiger partial charge is 0.306 e. The van der Waals surface area contributed by atoms with Crippen molar-refractivity contribution >= 4 is 23.7 Å². The highest BCUT2D eigenvalue weighted by atomic mass is 19.1. The molecule has 156 valence electrons. The van der Waals surface area contributed by atoms with Crippen LogP contribution < -0.4 is 0 Å². The largest absolute Gasteiger partial charge is 0.456 e. The van der Waals surface area contributed by atoms with Crippen LogP contribution in [0.4, 0.5) is 4.39 Å². The van der Waals surface area contributed by atoms with Gasteiger partial charge in [0, 0.05) is 26.6 Å². The molecular formula is C22H21FN2O5. The molecule has 2 aromatic carbocycles. The number of rotatable bonds is 8. The van der Waals surface area contributed by atoms with Crippen LogP contribution in [0, 0.1) is 5.82 Å². The Labute approximate surface area is 173 Å². The molecule has 7 nitrogen and oxygen atoms in total. The van der Waals surface area contributed by atoms with Crippen LogP contribution in [-0.2, 0) is 20.9 Å². The molecule has 0 unspecified atom stereocenters. The van der Waals surface area contributed by atoms with Crippen molar-refractivity contribution in [1.29, 1.82) is 0 Å². The van der Waals surface area contributed by atoms with Crippen molar-refractivity contribution in [2.24, 2.45) is 0 Å². The van der Waals surface area contributed by atoms with E-state index >= 15 is 0 Å². The Morgan fingerprint density at radius 2 is 1.60 bits per heavy atom. The molecule has 3 rings (SSSR count). The molecule has 0 bridgehead atoms. The molecule has 0 aromatic heterocycles. The maximum absolute atomic E-state index is 12.9. The van der Waals surface area contributed by atoms with Gasteiger partial charge in [-0.2, -0.15) is 0 Å². The van der Waals surface area contributed by atoms with Gasteiger partial charge in [0.1, 0.15) is 5.82 Å². The van der Waals surface area contributed by atoms with Gasteiger partial charge in [0.05, 0.1) is 11.1 Å². The molecule has 0 fully saturated rings. The predicted octanol–water partition coefficient (Wildman–Crippen LogP) is 2.40. The minimum Gasteiger partial charge on any atom is -0.456 e. The molecule has 30 heavy (non-hydrogen) atoms. The topological polar surface area (TPSA) is 84.0 Å². The van der Waals surface area contributed by atoms with E-state index in [-0.39, 0.29) is 43.6 Å². The Morgan fingerprint density at radius 1 is 1.00 bits per heavy atom. The molecule has 0 saturated carbocycles. The number of ether oxygens (including phenoxy) is 1. The van der Waals surface area contributed by atoms with Crippen LogP contribution in [0.3, 0.4) is 0 Å². The highest BCUT2D eigenvalue weighted by molar-refractivity contribution is 6.21. The zero-order valence-corrected chi connectivity index (χ0v) is 16.5. The molecule has 1 heterocycles. The van der Waals surface area contributed by atoms with Crippen molar-refractivity contribution in [3.8, 4) is 0 Å². The van der Waals surface area contributed by atoms with E-state index in [0.29, 0.717) is 11.1 Å². The van der Waals surface area contributed by atoms with Crippen LogP contribution in [0.15, 0.2) is 48.5 Å². The Morgan fingerprint density at radius 3 is 2.20 bits per heavy atom. The fraction of sp³-hybridized carbons (Fsp3) is 0.273. The van der Waals surface area contributed by atoms with Crippen LogP contribution in [0.1, 0.15) is 39.1 Å². The fourth-order valence-corrected chi connectivity index (χ4v) is 3.10. The monoisotopic (exact) mass is 412 g/mol. The number of fused-ring (bicyclic) bond motifs is 1. The van der Waals surface area contributed by atoms with Gasteiger partial charge in [-0.05, 0) is 36.2 Å². The van der Waals surface area contributed by atoms with Crippen molar-refractivity contribution in [3.63, 3.8) is 0 Å². The number of hydrogen-bond acceptors (Lipinski definition) is 5. The van der Waals surface area contributed by atoms with Crippen molar-refractivity contribution in [1.82, 2.24) is 9.80 Å². The summed E-state index contributed by atoms with van der Waals surface area (Å²) in [5.41, 5.74) is 1.47. The average molecular weight is 412 g/mol. The van der Waals surface area contributed by atoms with E-state index in [1.807, 2.05) is 0 Å². The normalized spacial score (nSPS) is 12.7. The lowest BCUT2D eigenvalue weighted by atomic mass is 10.1. The van der Waals surface area contributed by atoms with E-state index in [9.17, 15) is 23.6 Å². The number of likely N-dealkylation sites (N-methyl/N-ethyl adjacent to an activating group) is 1. The van der Waals surface area contributed by atoms with Crippen molar-refractivity contribution in [3.05, 3.63) is 71.0 Å². The number of halogens is 1. The van der Waals surface area contributed by atoms with Gasteiger partial charge in [-0.1, -0.05) is 24.3 Å². The lowest BCUT2D eigenvalue weighted by Crippen LogP contribution is -2.32. The van der Waals surface area contributed by atoms with Gasteiger partial charge in [-0.3, -0.25) is 24.1 Å². The molecule has 1 aliphatic rings. The summed E-state index contributed by atoms with van der Waals surface area (Å²) >= 11 is 0.